The molecule has 16 heteroatoms. The highest BCUT2D eigenvalue weighted by Crippen LogP contribution is 2.39. The number of hydrogen-bond donors (Lipinski definition) is 1. The second kappa shape index (κ2) is 28.1. The smallest absolute Gasteiger partial charge is 0.453 e. The van der Waals surface area contributed by atoms with Crippen molar-refractivity contribution in [1.29, 1.82) is 0 Å². The van der Waals surface area contributed by atoms with Gasteiger partial charge >= 0.3 is 30.2 Å². The molecule has 7 nitrogen and oxygen atoms in total. The van der Waals surface area contributed by atoms with Gasteiger partial charge in [-0.2, -0.15) is 35.1 Å². The Morgan fingerprint density at radius 2 is 1.15 bits per heavy atom. The first kappa shape index (κ1) is 50.7. The van der Waals surface area contributed by atoms with Crippen molar-refractivity contribution in [3.05, 3.63) is 24.3 Å². The Morgan fingerprint density at radius 3 is 1.68 bits per heavy atom. The number of aliphatic hydroxyl groups is 1. The molecule has 0 spiro atoms. The maximum atomic E-state index is 13.8. The molecule has 312 valence electrons. The van der Waals surface area contributed by atoms with Crippen LogP contribution < -0.4 is 0 Å². The van der Waals surface area contributed by atoms with Crippen molar-refractivity contribution in [1.82, 2.24) is 0 Å². The first-order valence-corrected chi connectivity index (χ1v) is 18.5. The molecule has 0 heterocycles. The lowest BCUT2D eigenvalue weighted by molar-refractivity contribution is -0.285. The number of ether oxygens (including phenoxy) is 4. The summed E-state index contributed by atoms with van der Waals surface area (Å²) in [6, 6.07) is 0. The average Bonchev–Trinajstić information content (AvgIpc) is 3.07. The van der Waals surface area contributed by atoms with E-state index in [1.165, 1.54) is 19.3 Å². The van der Waals surface area contributed by atoms with E-state index in [0.29, 0.717) is 13.3 Å². The zero-order valence-corrected chi connectivity index (χ0v) is 31.0. The molecular formula is C37H59F9O7. The third kappa shape index (κ3) is 26.2. The Hall–Kier alpha value is -2.33. The molecular weight excluding hydrogens is 727 g/mol. The van der Waals surface area contributed by atoms with E-state index in [2.05, 4.69) is 31.2 Å². The van der Waals surface area contributed by atoms with Gasteiger partial charge in [0.1, 0.15) is 0 Å². The largest absolute Gasteiger partial charge is 0.465 e. The van der Waals surface area contributed by atoms with Crippen LogP contribution in [0.4, 0.5) is 39.5 Å². The fraction of sp³-hybridized carbons (Fsp3) is 0.838. The van der Waals surface area contributed by atoms with Gasteiger partial charge in [0, 0.05) is 32.5 Å². The van der Waals surface area contributed by atoms with Gasteiger partial charge in [0.15, 0.2) is 6.29 Å². The number of unbranched alkanes of at least 4 members (excludes halogenated alkanes) is 8. The molecule has 0 aromatic rings. The Morgan fingerprint density at radius 1 is 0.642 bits per heavy atom. The van der Waals surface area contributed by atoms with Crippen LogP contribution in [0, 0.1) is 5.92 Å². The van der Waals surface area contributed by atoms with Gasteiger partial charge in [-0.15, -0.1) is 0 Å². The number of hydrogen-bond acceptors (Lipinski definition) is 7. The number of allylic oxidation sites excluding steroid dienone is 4. The highest BCUT2D eigenvalue weighted by molar-refractivity contribution is 5.69. The van der Waals surface area contributed by atoms with Crippen LogP contribution >= 0.6 is 0 Å². The molecule has 0 amide bonds. The van der Waals surface area contributed by atoms with Crippen molar-refractivity contribution in [2.45, 2.75) is 160 Å². The number of alkyl halides is 9. The number of esters is 2. The van der Waals surface area contributed by atoms with E-state index in [0.717, 1.165) is 44.9 Å². The quantitative estimate of drug-likeness (QED) is 0.0239. The Bertz CT molecular complexity index is 982. The fourth-order valence-corrected chi connectivity index (χ4v) is 4.66. The summed E-state index contributed by atoms with van der Waals surface area (Å²) in [7, 11) is 0. The van der Waals surface area contributed by atoms with Gasteiger partial charge in [-0.1, -0.05) is 63.3 Å². The molecule has 0 aliphatic heterocycles. The van der Waals surface area contributed by atoms with Crippen molar-refractivity contribution >= 4 is 11.9 Å². The summed E-state index contributed by atoms with van der Waals surface area (Å²) in [5.74, 6) is -7.03. The summed E-state index contributed by atoms with van der Waals surface area (Å²) in [4.78, 5) is 24.4. The van der Waals surface area contributed by atoms with Gasteiger partial charge < -0.3 is 24.1 Å². The number of carbonyl (C=O) groups is 2. The van der Waals surface area contributed by atoms with E-state index >= 15 is 0 Å². The molecule has 0 rings (SSSR count). The second-order valence-electron chi connectivity index (χ2n) is 13.2. The molecule has 0 saturated heterocycles. The Labute approximate surface area is 308 Å². The zero-order valence-electron chi connectivity index (χ0n) is 31.0. The van der Waals surface area contributed by atoms with Crippen LogP contribution in [-0.2, 0) is 28.5 Å². The Kier molecular flexibility index (Phi) is 26.9. The third-order valence-corrected chi connectivity index (χ3v) is 8.17. The topological polar surface area (TPSA) is 91.3 Å². The van der Waals surface area contributed by atoms with Gasteiger partial charge in [0.25, 0.3) is 0 Å². The molecule has 53 heavy (non-hydrogen) atoms. The summed E-state index contributed by atoms with van der Waals surface area (Å²) in [6.07, 6.45) is 3.49. The second-order valence-corrected chi connectivity index (χ2v) is 13.2. The first-order chi connectivity index (χ1) is 24.9. The normalized spacial score (nSPS) is 15.2. The average molecular weight is 787 g/mol. The summed E-state index contributed by atoms with van der Waals surface area (Å²) >= 11 is 0. The number of aliphatic hydroxyl groups excluding tert-OH is 1. The summed E-state index contributed by atoms with van der Waals surface area (Å²) < 4.78 is 136. The van der Waals surface area contributed by atoms with Gasteiger partial charge in [0.2, 0.25) is 5.67 Å². The highest BCUT2D eigenvalue weighted by Gasteiger charge is 2.56. The van der Waals surface area contributed by atoms with Gasteiger partial charge in [-0.05, 0) is 64.7 Å². The molecule has 0 bridgehead atoms. The lowest BCUT2D eigenvalue weighted by Crippen LogP contribution is -2.38. The standard InChI is InChI=1S/C37H59F9O7/c1-3-4-5-6-7-8-9-10-11-12-13-14-15-16-17-20-31(48)52-28-30(27-47)29-53-32(49)21-22-33(50-25-18-23-34(2,38)36(41,42)43)51-26-19-24-35(39,40)37(44,45)46/h7-8,10-11,30,33,47H,3-6,9,12-29H2,1-2H3/b8-7-,11-10-. The zero-order chi connectivity index (χ0) is 40.2. The Balaban J connectivity index is 4.45. The molecule has 3 unspecified atom stereocenters. The summed E-state index contributed by atoms with van der Waals surface area (Å²) in [5, 5.41) is 9.59. The maximum Gasteiger partial charge on any atom is 0.453 e. The van der Waals surface area contributed by atoms with E-state index in [4.69, 9.17) is 18.9 Å². The van der Waals surface area contributed by atoms with Crippen LogP contribution in [0.2, 0.25) is 0 Å². The molecule has 3 atom stereocenters. The molecule has 0 radical (unpaired) electrons. The molecule has 1 N–H and O–H groups in total. The maximum absolute atomic E-state index is 13.8. The minimum Gasteiger partial charge on any atom is -0.465 e. The van der Waals surface area contributed by atoms with E-state index in [-0.39, 0.29) is 26.1 Å². The monoisotopic (exact) mass is 786 g/mol. The number of rotatable bonds is 32. The minimum atomic E-state index is -5.77. The lowest BCUT2D eigenvalue weighted by Gasteiger charge is -2.24. The van der Waals surface area contributed by atoms with Crippen LogP contribution in [0.25, 0.3) is 0 Å². The molecule has 0 aromatic carbocycles. The summed E-state index contributed by atoms with van der Waals surface area (Å²) in [6.45, 7) is 0.335. The van der Waals surface area contributed by atoms with Gasteiger partial charge in [-0.3, -0.25) is 9.59 Å². The van der Waals surface area contributed by atoms with Gasteiger partial charge in [0.05, 0.1) is 32.2 Å². The first-order valence-electron chi connectivity index (χ1n) is 18.5. The van der Waals surface area contributed by atoms with Crippen LogP contribution in [-0.4, -0.2) is 80.3 Å². The predicted molar refractivity (Wildman–Crippen MR) is 182 cm³/mol. The number of halogens is 9. The van der Waals surface area contributed by atoms with E-state index < -0.39 is 100 Å². The molecule has 0 aromatic heterocycles. The van der Waals surface area contributed by atoms with E-state index in [1.807, 2.05) is 0 Å². The molecule has 0 fully saturated rings. The van der Waals surface area contributed by atoms with Gasteiger partial charge in [-0.25, -0.2) is 4.39 Å². The highest BCUT2D eigenvalue weighted by atomic mass is 19.4. The minimum absolute atomic E-state index is 0.193. The van der Waals surface area contributed by atoms with E-state index in [1.54, 1.807) is 0 Å². The van der Waals surface area contributed by atoms with E-state index in [9.17, 15) is 54.2 Å². The molecule has 0 aliphatic rings. The summed E-state index contributed by atoms with van der Waals surface area (Å²) in [5.41, 5.74) is -3.51. The van der Waals surface area contributed by atoms with Crippen molar-refractivity contribution in [3.63, 3.8) is 0 Å². The molecule has 0 saturated carbocycles. The van der Waals surface area contributed by atoms with Crippen molar-refractivity contribution in [2.24, 2.45) is 5.92 Å². The van der Waals surface area contributed by atoms with Crippen LogP contribution in [0.5, 0.6) is 0 Å². The van der Waals surface area contributed by atoms with Crippen LogP contribution in [0.1, 0.15) is 129 Å². The van der Waals surface area contributed by atoms with Crippen molar-refractivity contribution in [3.8, 4) is 0 Å². The number of carbonyl (C=O) groups excluding carboxylic acids is 2. The van der Waals surface area contributed by atoms with Crippen LogP contribution in [0.15, 0.2) is 24.3 Å². The van der Waals surface area contributed by atoms with Crippen molar-refractivity contribution < 1.29 is 73.2 Å². The SMILES string of the molecule is CCCCC/C=C\C/C=C\CCCCCCCC(=O)OCC(CO)COC(=O)CCC(OCCCC(C)(F)C(F)(F)F)OCCCC(F)(F)C(F)(F)F. The predicted octanol–water partition coefficient (Wildman–Crippen LogP) is 10.7. The van der Waals surface area contributed by atoms with Crippen LogP contribution in [0.3, 0.4) is 0 Å². The molecule has 0 aliphatic carbocycles. The van der Waals surface area contributed by atoms with Crippen molar-refractivity contribution in [2.75, 3.05) is 33.0 Å². The third-order valence-electron chi connectivity index (χ3n) is 8.17. The fourth-order valence-electron chi connectivity index (χ4n) is 4.66. The lowest BCUT2D eigenvalue weighted by atomic mass is 10.0.